The minimum Gasteiger partial charge on any atom is -0.279 e. The Morgan fingerprint density at radius 3 is 2.50 bits per heavy atom. The van der Waals surface area contributed by atoms with Crippen LogP contribution < -0.4 is 4.72 Å². The monoisotopic (exact) mass is 274 g/mol. The van der Waals surface area contributed by atoms with Crippen LogP contribution >= 0.6 is 22.9 Å². The molecule has 2 rings (SSSR count). The van der Waals surface area contributed by atoms with E-state index >= 15 is 0 Å². The van der Waals surface area contributed by atoms with Crippen molar-refractivity contribution in [2.45, 2.75) is 4.21 Å². The molecule has 2 aromatic rings. The fraction of sp³-hybridized carbons (Fsp3) is 0. The summed E-state index contributed by atoms with van der Waals surface area (Å²) in [6.45, 7) is 0. The van der Waals surface area contributed by atoms with Crippen LogP contribution in [0, 0.1) is 0 Å². The van der Waals surface area contributed by atoms with E-state index in [4.69, 9.17) is 11.6 Å². The Balaban J connectivity index is 2.28. The van der Waals surface area contributed by atoms with Gasteiger partial charge in [0, 0.05) is 5.69 Å². The lowest BCUT2D eigenvalue weighted by Crippen LogP contribution is -2.11. The van der Waals surface area contributed by atoms with Crippen molar-refractivity contribution in [3.05, 3.63) is 41.0 Å². The molecule has 0 aliphatic rings. The molecular formula is C9H7ClN2O2S2. The number of nitrogens with one attached hydrogen (secondary N) is 1. The highest BCUT2D eigenvalue weighted by Crippen LogP contribution is 2.24. The topological polar surface area (TPSA) is 59.1 Å². The third-order valence-corrected chi connectivity index (χ3v) is 4.70. The van der Waals surface area contributed by atoms with E-state index in [0.717, 1.165) is 11.3 Å². The summed E-state index contributed by atoms with van der Waals surface area (Å²) in [6, 6.07) is 8.64. The highest BCUT2D eigenvalue weighted by molar-refractivity contribution is 7.94. The quantitative estimate of drug-likeness (QED) is 0.936. The third kappa shape index (κ3) is 2.52. The Morgan fingerprint density at radius 1 is 1.25 bits per heavy atom. The van der Waals surface area contributed by atoms with Crippen molar-refractivity contribution in [3.63, 3.8) is 0 Å². The second-order valence-corrected chi connectivity index (χ2v) is 6.43. The van der Waals surface area contributed by atoms with Crippen LogP contribution in [0.4, 0.5) is 5.69 Å². The number of hydrogen-bond donors (Lipinski definition) is 1. The molecule has 1 aromatic carbocycles. The Hall–Kier alpha value is -1.11. The maximum absolute atomic E-state index is 11.8. The normalized spacial score (nSPS) is 11.3. The lowest BCUT2D eigenvalue weighted by Gasteiger charge is -2.04. The maximum Gasteiger partial charge on any atom is 0.273 e. The zero-order valence-corrected chi connectivity index (χ0v) is 10.3. The number of hydrogen-bond acceptors (Lipinski definition) is 4. The molecule has 16 heavy (non-hydrogen) atoms. The average molecular weight is 275 g/mol. The van der Waals surface area contributed by atoms with Crippen LogP contribution in [0.1, 0.15) is 0 Å². The molecule has 0 amide bonds. The van der Waals surface area contributed by atoms with E-state index < -0.39 is 10.0 Å². The van der Waals surface area contributed by atoms with Gasteiger partial charge in [-0.15, -0.1) is 0 Å². The second kappa shape index (κ2) is 4.40. The summed E-state index contributed by atoms with van der Waals surface area (Å²) in [4.78, 5) is 3.69. The third-order valence-electron chi connectivity index (χ3n) is 1.75. The number of para-hydroxylation sites is 1. The van der Waals surface area contributed by atoms with Gasteiger partial charge in [-0.2, -0.15) is 0 Å². The number of benzene rings is 1. The molecule has 4 nitrogen and oxygen atoms in total. The number of rotatable bonds is 3. The van der Waals surface area contributed by atoms with Crippen LogP contribution in [0.15, 0.2) is 40.7 Å². The van der Waals surface area contributed by atoms with E-state index in [1.165, 1.54) is 6.20 Å². The highest BCUT2D eigenvalue weighted by Gasteiger charge is 2.17. The van der Waals surface area contributed by atoms with Crippen LogP contribution in [0.25, 0.3) is 0 Å². The SMILES string of the molecule is O=S(=O)(Nc1ccccc1)c1cnc(Cl)s1. The molecule has 1 heterocycles. The Labute approximate surface area is 102 Å². The fourth-order valence-electron chi connectivity index (χ4n) is 1.08. The number of halogens is 1. The number of anilines is 1. The molecule has 0 spiro atoms. The molecule has 7 heteroatoms. The number of thiazole rings is 1. The van der Waals surface area contributed by atoms with Crippen LogP contribution in [0.2, 0.25) is 4.47 Å². The molecular weight excluding hydrogens is 268 g/mol. The molecule has 0 unspecified atom stereocenters. The number of sulfonamides is 1. The van der Waals surface area contributed by atoms with Crippen molar-refractivity contribution in [2.75, 3.05) is 4.72 Å². The van der Waals surface area contributed by atoms with Crippen LogP contribution in [0.5, 0.6) is 0 Å². The van der Waals surface area contributed by atoms with Crippen molar-refractivity contribution in [2.24, 2.45) is 0 Å². The van der Waals surface area contributed by atoms with Crippen LogP contribution in [-0.4, -0.2) is 13.4 Å². The molecule has 1 aromatic heterocycles. The summed E-state index contributed by atoms with van der Waals surface area (Å²) in [5.74, 6) is 0. The van der Waals surface area contributed by atoms with Crippen molar-refractivity contribution < 1.29 is 8.42 Å². The standard InChI is InChI=1S/C9H7ClN2O2S2/c10-9-11-6-8(15-9)16(13,14)12-7-4-2-1-3-5-7/h1-6,12H. The van der Waals surface area contributed by atoms with Gasteiger partial charge < -0.3 is 0 Å². The zero-order chi connectivity index (χ0) is 11.6. The zero-order valence-electron chi connectivity index (χ0n) is 7.92. The first-order valence-electron chi connectivity index (χ1n) is 4.27. The number of nitrogens with zero attached hydrogens (tertiary/aromatic N) is 1. The summed E-state index contributed by atoms with van der Waals surface area (Å²) in [6.07, 6.45) is 1.23. The van der Waals surface area contributed by atoms with Gasteiger partial charge in [0.25, 0.3) is 10.0 Å². The van der Waals surface area contributed by atoms with Gasteiger partial charge in [0.1, 0.15) is 0 Å². The summed E-state index contributed by atoms with van der Waals surface area (Å²) in [5, 5.41) is 0. The largest absolute Gasteiger partial charge is 0.279 e. The lowest BCUT2D eigenvalue weighted by molar-refractivity contribution is 0.603. The maximum atomic E-state index is 11.8. The summed E-state index contributed by atoms with van der Waals surface area (Å²) < 4.78 is 26.4. The molecule has 0 aliphatic carbocycles. The lowest BCUT2D eigenvalue weighted by atomic mass is 10.3. The predicted octanol–water partition coefficient (Wildman–Crippen LogP) is 2.60. The minimum absolute atomic E-state index is 0.0985. The first-order valence-corrected chi connectivity index (χ1v) is 6.95. The molecule has 0 saturated heterocycles. The second-order valence-electron chi connectivity index (χ2n) is 2.90. The van der Waals surface area contributed by atoms with Crippen molar-refractivity contribution >= 4 is 38.6 Å². The van der Waals surface area contributed by atoms with Crippen molar-refractivity contribution in [3.8, 4) is 0 Å². The van der Waals surface area contributed by atoms with E-state index in [1.54, 1.807) is 30.3 Å². The molecule has 84 valence electrons. The Morgan fingerprint density at radius 2 is 1.94 bits per heavy atom. The minimum atomic E-state index is -3.57. The molecule has 0 saturated carbocycles. The summed E-state index contributed by atoms with van der Waals surface area (Å²) in [7, 11) is -3.57. The van der Waals surface area contributed by atoms with Gasteiger partial charge in [-0.05, 0) is 12.1 Å². The number of aromatic nitrogens is 1. The molecule has 0 bridgehead atoms. The van der Waals surface area contributed by atoms with E-state index in [2.05, 4.69) is 9.71 Å². The highest BCUT2D eigenvalue weighted by atomic mass is 35.5. The van der Waals surface area contributed by atoms with Gasteiger partial charge in [0.2, 0.25) is 0 Å². The molecule has 0 aliphatic heterocycles. The van der Waals surface area contributed by atoms with Crippen molar-refractivity contribution in [1.29, 1.82) is 0 Å². The van der Waals surface area contributed by atoms with Gasteiger partial charge >= 0.3 is 0 Å². The van der Waals surface area contributed by atoms with E-state index in [9.17, 15) is 8.42 Å². The molecule has 0 atom stereocenters. The molecule has 0 fully saturated rings. The summed E-state index contributed by atoms with van der Waals surface area (Å²) >= 11 is 6.50. The van der Waals surface area contributed by atoms with Crippen LogP contribution in [-0.2, 0) is 10.0 Å². The van der Waals surface area contributed by atoms with E-state index in [1.807, 2.05) is 0 Å². The van der Waals surface area contributed by atoms with E-state index in [-0.39, 0.29) is 8.68 Å². The Bertz CT molecular complexity index is 581. The van der Waals surface area contributed by atoms with Gasteiger partial charge in [-0.25, -0.2) is 13.4 Å². The van der Waals surface area contributed by atoms with Gasteiger partial charge in [0.05, 0.1) is 6.20 Å². The average Bonchev–Trinajstić information content (AvgIpc) is 2.66. The first-order chi connectivity index (χ1) is 7.58. The van der Waals surface area contributed by atoms with Gasteiger partial charge in [-0.1, -0.05) is 41.1 Å². The predicted molar refractivity (Wildman–Crippen MR) is 64.4 cm³/mol. The van der Waals surface area contributed by atoms with E-state index in [0.29, 0.717) is 5.69 Å². The Kier molecular flexibility index (Phi) is 3.13. The molecule has 1 N–H and O–H groups in total. The first kappa shape index (κ1) is 11.4. The van der Waals surface area contributed by atoms with Gasteiger partial charge in [0.15, 0.2) is 8.68 Å². The summed E-state index contributed by atoms with van der Waals surface area (Å²) in [5.41, 5.74) is 0.507. The van der Waals surface area contributed by atoms with Gasteiger partial charge in [-0.3, -0.25) is 4.72 Å². The fourth-order valence-corrected chi connectivity index (χ4v) is 3.43. The smallest absolute Gasteiger partial charge is 0.273 e. The van der Waals surface area contributed by atoms with Crippen LogP contribution in [0.3, 0.4) is 0 Å². The molecule has 0 radical (unpaired) electrons. The van der Waals surface area contributed by atoms with Crippen molar-refractivity contribution in [1.82, 2.24) is 4.98 Å².